The Morgan fingerprint density at radius 1 is 1.29 bits per heavy atom. The smallest absolute Gasteiger partial charge is 0.226 e. The van der Waals surface area contributed by atoms with Crippen LogP contribution in [0.15, 0.2) is 16.9 Å². The first kappa shape index (κ1) is 9.21. The highest BCUT2D eigenvalue weighted by Crippen LogP contribution is 2.14. The molecule has 0 spiro atoms. The quantitative estimate of drug-likeness (QED) is 0.722. The molecule has 0 amide bonds. The van der Waals surface area contributed by atoms with E-state index in [0.717, 1.165) is 16.6 Å². The van der Waals surface area contributed by atoms with Gasteiger partial charge in [0.05, 0.1) is 10.9 Å². The number of nitrogens with one attached hydrogen (secondary N) is 1. The first-order chi connectivity index (χ1) is 6.59. The van der Waals surface area contributed by atoms with Gasteiger partial charge in [0, 0.05) is 0 Å². The van der Waals surface area contributed by atoms with Gasteiger partial charge < -0.3 is 0 Å². The minimum Gasteiger partial charge on any atom is -0.286 e. The van der Waals surface area contributed by atoms with Crippen molar-refractivity contribution >= 4 is 22.5 Å². The second-order valence-electron chi connectivity index (χ2n) is 3.33. The summed E-state index contributed by atoms with van der Waals surface area (Å²) in [4.78, 5) is 11.6. The fourth-order valence-corrected chi connectivity index (χ4v) is 1.51. The Balaban J connectivity index is 2.97. The van der Waals surface area contributed by atoms with Crippen molar-refractivity contribution in [2.75, 3.05) is 0 Å². The highest BCUT2D eigenvalue weighted by molar-refractivity contribution is 6.29. The standard InChI is InChI=1S/C10H9ClN2O/c1-5-3-7-8(4-6(5)2)12-13-10(11)9(7)14/h3-4H,1-2H3,(H,12,14). The third-order valence-corrected chi connectivity index (χ3v) is 2.60. The van der Waals surface area contributed by atoms with Crippen LogP contribution < -0.4 is 5.43 Å². The van der Waals surface area contributed by atoms with Crippen LogP contribution in [-0.2, 0) is 0 Å². The molecule has 0 aliphatic heterocycles. The van der Waals surface area contributed by atoms with Crippen molar-refractivity contribution in [3.63, 3.8) is 0 Å². The van der Waals surface area contributed by atoms with Gasteiger partial charge in [-0.05, 0) is 37.1 Å². The first-order valence-corrected chi connectivity index (χ1v) is 4.62. The molecule has 0 fully saturated rings. The van der Waals surface area contributed by atoms with E-state index < -0.39 is 0 Å². The average Bonchev–Trinajstić information content (AvgIpc) is 2.15. The van der Waals surface area contributed by atoms with Crippen LogP contribution in [0.1, 0.15) is 11.1 Å². The molecule has 72 valence electrons. The van der Waals surface area contributed by atoms with Gasteiger partial charge in [-0.25, -0.2) is 0 Å². The van der Waals surface area contributed by atoms with Crippen LogP contribution in [0.25, 0.3) is 10.9 Å². The zero-order valence-electron chi connectivity index (χ0n) is 7.89. The van der Waals surface area contributed by atoms with E-state index in [-0.39, 0.29) is 10.6 Å². The molecule has 0 atom stereocenters. The molecule has 2 aromatic rings. The Labute approximate surface area is 85.7 Å². The molecule has 1 aromatic heterocycles. The lowest BCUT2D eigenvalue weighted by Gasteiger charge is -2.02. The van der Waals surface area contributed by atoms with Gasteiger partial charge in [0.25, 0.3) is 0 Å². The van der Waals surface area contributed by atoms with Crippen molar-refractivity contribution in [1.29, 1.82) is 0 Å². The van der Waals surface area contributed by atoms with Gasteiger partial charge in [0.15, 0.2) is 5.15 Å². The van der Waals surface area contributed by atoms with E-state index in [4.69, 9.17) is 11.6 Å². The Hall–Kier alpha value is -1.35. The maximum atomic E-state index is 11.6. The fraction of sp³-hybridized carbons (Fsp3) is 0.200. The highest BCUT2D eigenvalue weighted by atomic mass is 35.5. The molecule has 0 unspecified atom stereocenters. The topological polar surface area (TPSA) is 45.8 Å². The summed E-state index contributed by atoms with van der Waals surface area (Å²) in [6, 6.07) is 3.73. The van der Waals surface area contributed by atoms with Gasteiger partial charge in [-0.1, -0.05) is 11.6 Å². The molecule has 0 saturated heterocycles. The molecule has 0 aliphatic carbocycles. The molecule has 1 N–H and O–H groups in total. The Morgan fingerprint density at radius 3 is 2.64 bits per heavy atom. The molecule has 0 aliphatic rings. The minimum atomic E-state index is -0.219. The lowest BCUT2D eigenvalue weighted by molar-refractivity contribution is 1.06. The number of nitrogens with zero attached hydrogens (tertiary/aromatic N) is 1. The van der Waals surface area contributed by atoms with Crippen molar-refractivity contribution in [2.45, 2.75) is 13.8 Å². The molecule has 2 rings (SSSR count). The normalized spacial score (nSPS) is 10.8. The monoisotopic (exact) mass is 208 g/mol. The third-order valence-electron chi connectivity index (χ3n) is 2.34. The van der Waals surface area contributed by atoms with Gasteiger partial charge in [0.2, 0.25) is 5.43 Å². The van der Waals surface area contributed by atoms with Crippen LogP contribution in [0.4, 0.5) is 0 Å². The number of aryl methyl sites for hydroxylation is 2. The summed E-state index contributed by atoms with van der Waals surface area (Å²) in [6.07, 6.45) is 0. The van der Waals surface area contributed by atoms with Gasteiger partial charge in [-0.2, -0.15) is 5.10 Å². The van der Waals surface area contributed by atoms with E-state index in [1.54, 1.807) is 0 Å². The first-order valence-electron chi connectivity index (χ1n) is 4.25. The van der Waals surface area contributed by atoms with E-state index in [0.29, 0.717) is 5.39 Å². The maximum Gasteiger partial charge on any atom is 0.226 e. The van der Waals surface area contributed by atoms with Crippen LogP contribution in [0, 0.1) is 13.8 Å². The van der Waals surface area contributed by atoms with E-state index in [2.05, 4.69) is 10.2 Å². The fourth-order valence-electron chi connectivity index (χ4n) is 1.37. The van der Waals surface area contributed by atoms with E-state index in [1.807, 2.05) is 26.0 Å². The van der Waals surface area contributed by atoms with Crippen LogP contribution >= 0.6 is 11.6 Å². The van der Waals surface area contributed by atoms with Crippen molar-refractivity contribution < 1.29 is 0 Å². The summed E-state index contributed by atoms with van der Waals surface area (Å²) in [6.45, 7) is 3.95. The van der Waals surface area contributed by atoms with Crippen LogP contribution in [-0.4, -0.2) is 10.2 Å². The van der Waals surface area contributed by atoms with Crippen molar-refractivity contribution in [3.8, 4) is 0 Å². The number of aromatic nitrogens is 2. The van der Waals surface area contributed by atoms with Crippen LogP contribution in [0.3, 0.4) is 0 Å². The summed E-state index contributed by atoms with van der Waals surface area (Å²) >= 11 is 5.62. The molecule has 0 bridgehead atoms. The number of hydrogen-bond acceptors (Lipinski definition) is 2. The number of fused-ring (bicyclic) bond motifs is 1. The number of hydrogen-bond donors (Lipinski definition) is 1. The van der Waals surface area contributed by atoms with Crippen LogP contribution in [0.5, 0.6) is 0 Å². The summed E-state index contributed by atoms with van der Waals surface area (Å²) < 4.78 is 0. The number of H-pyrrole nitrogens is 1. The Morgan fingerprint density at radius 2 is 1.93 bits per heavy atom. The van der Waals surface area contributed by atoms with Gasteiger partial charge in [0.1, 0.15) is 0 Å². The van der Waals surface area contributed by atoms with Gasteiger partial charge in [-0.15, -0.1) is 0 Å². The molecular weight excluding hydrogens is 200 g/mol. The summed E-state index contributed by atoms with van der Waals surface area (Å²) in [5.74, 6) is 0. The van der Waals surface area contributed by atoms with Crippen molar-refractivity contribution in [1.82, 2.24) is 10.2 Å². The molecule has 4 heteroatoms. The maximum absolute atomic E-state index is 11.6. The second-order valence-corrected chi connectivity index (χ2v) is 3.68. The Kier molecular flexibility index (Phi) is 2.04. The predicted octanol–water partition coefficient (Wildman–Crippen LogP) is 2.19. The predicted molar refractivity (Wildman–Crippen MR) is 56.8 cm³/mol. The van der Waals surface area contributed by atoms with Gasteiger partial charge in [-0.3, -0.25) is 9.89 Å². The highest BCUT2D eigenvalue weighted by Gasteiger charge is 2.05. The van der Waals surface area contributed by atoms with E-state index in [1.165, 1.54) is 0 Å². The largest absolute Gasteiger partial charge is 0.286 e. The number of halogens is 1. The Bertz CT molecular complexity index is 560. The van der Waals surface area contributed by atoms with E-state index >= 15 is 0 Å². The molecule has 0 radical (unpaired) electrons. The summed E-state index contributed by atoms with van der Waals surface area (Å²) in [5.41, 5.74) is 2.70. The molecule has 14 heavy (non-hydrogen) atoms. The average molecular weight is 209 g/mol. The van der Waals surface area contributed by atoms with Gasteiger partial charge >= 0.3 is 0 Å². The zero-order valence-corrected chi connectivity index (χ0v) is 8.64. The van der Waals surface area contributed by atoms with Crippen molar-refractivity contribution in [3.05, 3.63) is 38.6 Å². The number of rotatable bonds is 0. The molecular formula is C10H9ClN2O. The van der Waals surface area contributed by atoms with Crippen molar-refractivity contribution in [2.24, 2.45) is 0 Å². The number of aromatic amines is 1. The summed E-state index contributed by atoms with van der Waals surface area (Å²) in [5, 5.41) is 7.03. The third kappa shape index (κ3) is 1.30. The SMILES string of the molecule is Cc1cc2[nH]nc(Cl)c(=O)c2cc1C. The lowest BCUT2D eigenvalue weighted by atomic mass is 10.1. The molecule has 1 aromatic carbocycles. The second kappa shape index (κ2) is 3.10. The number of benzene rings is 1. The molecule has 1 heterocycles. The van der Waals surface area contributed by atoms with Crippen LogP contribution in [0.2, 0.25) is 5.15 Å². The zero-order chi connectivity index (χ0) is 10.3. The minimum absolute atomic E-state index is 0.0132. The van der Waals surface area contributed by atoms with E-state index in [9.17, 15) is 4.79 Å². The molecule has 3 nitrogen and oxygen atoms in total. The lowest BCUT2D eigenvalue weighted by Crippen LogP contribution is -2.06. The molecule has 0 saturated carbocycles. The summed E-state index contributed by atoms with van der Waals surface area (Å²) in [7, 11) is 0.